The summed E-state index contributed by atoms with van der Waals surface area (Å²) in [5.41, 5.74) is 0.294. The molecule has 2 atom stereocenters. The van der Waals surface area contributed by atoms with Gasteiger partial charge in [0.15, 0.2) is 0 Å². The number of methoxy groups -OCH3 is 1. The number of carbonyl (C=O) groups is 1. The van der Waals surface area contributed by atoms with E-state index in [-0.39, 0.29) is 23.5 Å². The lowest BCUT2D eigenvalue weighted by molar-refractivity contribution is -0.0942. The highest BCUT2D eigenvalue weighted by molar-refractivity contribution is 6.29. The number of hydrogen-bond acceptors (Lipinski definition) is 3. The van der Waals surface area contributed by atoms with Gasteiger partial charge in [0, 0.05) is 18.6 Å². The molecule has 2 rings (SSSR count). The maximum absolute atomic E-state index is 12.0. The Balaban J connectivity index is 2.01. The van der Waals surface area contributed by atoms with Crippen LogP contribution < -0.4 is 5.32 Å². The van der Waals surface area contributed by atoms with Gasteiger partial charge in [-0.3, -0.25) is 4.79 Å². The van der Waals surface area contributed by atoms with Crippen molar-refractivity contribution in [1.82, 2.24) is 10.3 Å². The summed E-state index contributed by atoms with van der Waals surface area (Å²) in [5.74, 6) is -0.190. The first-order valence-corrected chi connectivity index (χ1v) is 6.29. The van der Waals surface area contributed by atoms with E-state index in [1.54, 1.807) is 25.3 Å². The molecular weight excluding hydrogens is 252 g/mol. The number of carbonyl (C=O) groups excluding carboxylic acids is 1. The van der Waals surface area contributed by atoms with E-state index in [9.17, 15) is 4.79 Å². The fourth-order valence-corrected chi connectivity index (χ4v) is 2.46. The fraction of sp³-hybridized carbons (Fsp3) is 0.538. The normalized spacial score (nSPS) is 25.3. The van der Waals surface area contributed by atoms with Crippen LogP contribution in [0.5, 0.6) is 0 Å². The molecule has 18 heavy (non-hydrogen) atoms. The molecule has 1 aromatic heterocycles. The van der Waals surface area contributed by atoms with Crippen LogP contribution in [-0.2, 0) is 4.74 Å². The van der Waals surface area contributed by atoms with Crippen molar-refractivity contribution in [2.75, 3.05) is 7.11 Å². The highest BCUT2D eigenvalue weighted by atomic mass is 35.5. The SMILES string of the molecule is COC1CC(NC(=O)c2cccc(Cl)n2)C1(C)C. The summed E-state index contributed by atoms with van der Waals surface area (Å²) in [6.07, 6.45) is 1.02. The molecule has 98 valence electrons. The standard InChI is InChI=1S/C13H17ClN2O2/c1-13(2)9(7-10(13)18-3)16-12(17)8-5-4-6-11(14)15-8/h4-6,9-10H,7H2,1-3H3,(H,16,17). The zero-order chi connectivity index (χ0) is 13.3. The molecule has 1 amide bonds. The number of nitrogens with one attached hydrogen (secondary N) is 1. The third kappa shape index (κ3) is 2.35. The Morgan fingerprint density at radius 3 is 2.83 bits per heavy atom. The third-order valence-corrected chi connectivity index (χ3v) is 3.93. The van der Waals surface area contributed by atoms with Crippen LogP contribution in [0.4, 0.5) is 0 Å². The molecule has 1 N–H and O–H groups in total. The molecular formula is C13H17ClN2O2. The summed E-state index contributed by atoms with van der Waals surface area (Å²) < 4.78 is 5.35. The van der Waals surface area contributed by atoms with Crippen molar-refractivity contribution in [3.8, 4) is 0 Å². The van der Waals surface area contributed by atoms with Gasteiger partial charge in [-0.2, -0.15) is 0 Å². The Bertz CT molecular complexity index is 462. The lowest BCUT2D eigenvalue weighted by Crippen LogP contribution is -2.61. The lowest BCUT2D eigenvalue weighted by atomic mass is 9.64. The minimum Gasteiger partial charge on any atom is -0.381 e. The number of ether oxygens (including phenoxy) is 1. The predicted octanol–water partition coefficient (Wildman–Crippen LogP) is 2.28. The molecule has 4 nitrogen and oxygen atoms in total. The topological polar surface area (TPSA) is 51.2 Å². The van der Waals surface area contributed by atoms with Gasteiger partial charge in [0.2, 0.25) is 0 Å². The minimum absolute atomic E-state index is 0.0526. The van der Waals surface area contributed by atoms with Crippen LogP contribution in [0.3, 0.4) is 0 Å². The van der Waals surface area contributed by atoms with E-state index in [2.05, 4.69) is 24.1 Å². The first-order chi connectivity index (χ1) is 8.45. The quantitative estimate of drug-likeness (QED) is 0.856. The Morgan fingerprint density at radius 2 is 2.28 bits per heavy atom. The van der Waals surface area contributed by atoms with Crippen molar-refractivity contribution in [3.63, 3.8) is 0 Å². The van der Waals surface area contributed by atoms with Crippen LogP contribution in [0.1, 0.15) is 30.8 Å². The van der Waals surface area contributed by atoms with E-state index in [4.69, 9.17) is 16.3 Å². The maximum atomic E-state index is 12.0. The number of amides is 1. The minimum atomic E-state index is -0.190. The zero-order valence-electron chi connectivity index (χ0n) is 10.7. The molecule has 1 aromatic rings. The Hall–Kier alpha value is -1.13. The molecule has 0 spiro atoms. The predicted molar refractivity (Wildman–Crippen MR) is 69.7 cm³/mol. The van der Waals surface area contributed by atoms with Gasteiger partial charge in [-0.25, -0.2) is 4.98 Å². The van der Waals surface area contributed by atoms with Crippen LogP contribution >= 0.6 is 11.6 Å². The smallest absolute Gasteiger partial charge is 0.270 e. The summed E-state index contributed by atoms with van der Waals surface area (Å²) in [6, 6.07) is 5.12. The van der Waals surface area contributed by atoms with Crippen LogP contribution in [-0.4, -0.2) is 30.1 Å². The molecule has 0 aromatic carbocycles. The van der Waals surface area contributed by atoms with Crippen molar-refractivity contribution < 1.29 is 9.53 Å². The molecule has 1 aliphatic rings. The summed E-state index contributed by atoms with van der Waals surface area (Å²) >= 11 is 5.76. The Morgan fingerprint density at radius 1 is 1.56 bits per heavy atom. The number of aromatic nitrogens is 1. The van der Waals surface area contributed by atoms with Crippen molar-refractivity contribution in [3.05, 3.63) is 29.0 Å². The highest BCUT2D eigenvalue weighted by Crippen LogP contribution is 2.42. The molecule has 1 fully saturated rings. The second-order valence-electron chi connectivity index (χ2n) is 5.15. The summed E-state index contributed by atoms with van der Waals surface area (Å²) in [4.78, 5) is 16.0. The van der Waals surface area contributed by atoms with E-state index in [1.807, 2.05) is 0 Å². The Kier molecular flexibility index (Phi) is 3.59. The molecule has 5 heteroatoms. The molecule has 0 aliphatic heterocycles. The molecule has 1 saturated carbocycles. The van der Waals surface area contributed by atoms with E-state index in [1.165, 1.54) is 0 Å². The number of rotatable bonds is 3. The molecule has 2 unspecified atom stereocenters. The van der Waals surface area contributed by atoms with Gasteiger partial charge in [0.25, 0.3) is 5.91 Å². The number of hydrogen-bond donors (Lipinski definition) is 1. The number of nitrogens with zero attached hydrogens (tertiary/aromatic N) is 1. The van der Waals surface area contributed by atoms with Crippen molar-refractivity contribution in [1.29, 1.82) is 0 Å². The van der Waals surface area contributed by atoms with E-state index < -0.39 is 0 Å². The summed E-state index contributed by atoms with van der Waals surface area (Å²) in [6.45, 7) is 4.17. The van der Waals surface area contributed by atoms with Gasteiger partial charge >= 0.3 is 0 Å². The van der Waals surface area contributed by atoms with Crippen molar-refractivity contribution in [2.45, 2.75) is 32.4 Å². The monoisotopic (exact) mass is 268 g/mol. The molecule has 1 heterocycles. The number of halogens is 1. The second kappa shape index (κ2) is 4.86. The zero-order valence-corrected chi connectivity index (χ0v) is 11.5. The van der Waals surface area contributed by atoms with Crippen LogP contribution in [0.25, 0.3) is 0 Å². The van der Waals surface area contributed by atoms with Gasteiger partial charge in [-0.15, -0.1) is 0 Å². The maximum Gasteiger partial charge on any atom is 0.270 e. The van der Waals surface area contributed by atoms with E-state index in [0.717, 1.165) is 6.42 Å². The third-order valence-electron chi connectivity index (χ3n) is 3.72. The Labute approximate surface area is 112 Å². The van der Waals surface area contributed by atoms with Gasteiger partial charge in [-0.1, -0.05) is 31.5 Å². The molecule has 0 radical (unpaired) electrons. The molecule has 1 aliphatic carbocycles. The second-order valence-corrected chi connectivity index (χ2v) is 5.54. The molecule has 0 saturated heterocycles. The van der Waals surface area contributed by atoms with Gasteiger partial charge in [0.1, 0.15) is 10.8 Å². The fourth-order valence-electron chi connectivity index (χ4n) is 2.30. The van der Waals surface area contributed by atoms with E-state index >= 15 is 0 Å². The summed E-state index contributed by atoms with van der Waals surface area (Å²) in [7, 11) is 1.70. The highest BCUT2D eigenvalue weighted by Gasteiger charge is 2.49. The van der Waals surface area contributed by atoms with Crippen LogP contribution in [0.15, 0.2) is 18.2 Å². The number of pyridine rings is 1. The first-order valence-electron chi connectivity index (χ1n) is 5.91. The lowest BCUT2D eigenvalue weighted by Gasteiger charge is -2.51. The summed E-state index contributed by atoms with van der Waals surface area (Å²) in [5, 5.41) is 3.30. The molecule has 0 bridgehead atoms. The first kappa shape index (κ1) is 13.3. The average Bonchev–Trinajstić information content (AvgIpc) is 2.33. The average molecular weight is 269 g/mol. The van der Waals surface area contributed by atoms with E-state index in [0.29, 0.717) is 10.8 Å². The van der Waals surface area contributed by atoms with Gasteiger partial charge in [-0.05, 0) is 18.6 Å². The van der Waals surface area contributed by atoms with Crippen molar-refractivity contribution >= 4 is 17.5 Å². The van der Waals surface area contributed by atoms with Crippen LogP contribution in [0.2, 0.25) is 5.15 Å². The van der Waals surface area contributed by atoms with Gasteiger partial charge in [0.05, 0.1) is 6.10 Å². The van der Waals surface area contributed by atoms with Crippen LogP contribution in [0, 0.1) is 5.41 Å². The van der Waals surface area contributed by atoms with Gasteiger partial charge < -0.3 is 10.1 Å². The van der Waals surface area contributed by atoms with Crippen molar-refractivity contribution in [2.24, 2.45) is 5.41 Å². The largest absolute Gasteiger partial charge is 0.381 e.